The highest BCUT2D eigenvalue weighted by atomic mass is 14.9. The highest BCUT2D eigenvalue weighted by Crippen LogP contribution is 2.29. The van der Waals surface area contributed by atoms with Gasteiger partial charge in [0.15, 0.2) is 0 Å². The van der Waals surface area contributed by atoms with Crippen molar-refractivity contribution in [1.82, 2.24) is 15.3 Å². The maximum atomic E-state index is 4.26. The quantitative estimate of drug-likeness (QED) is 0.788. The van der Waals surface area contributed by atoms with Crippen LogP contribution in [-0.4, -0.2) is 17.0 Å². The van der Waals surface area contributed by atoms with Crippen molar-refractivity contribution >= 4 is 10.8 Å². The summed E-state index contributed by atoms with van der Waals surface area (Å²) in [5.74, 6) is 0. The van der Waals surface area contributed by atoms with E-state index in [0.717, 1.165) is 0 Å². The number of benzene rings is 1. The van der Waals surface area contributed by atoms with Crippen molar-refractivity contribution in [3.63, 3.8) is 0 Å². The van der Waals surface area contributed by atoms with E-state index in [0.29, 0.717) is 0 Å². The van der Waals surface area contributed by atoms with Crippen LogP contribution in [0.15, 0.2) is 55.1 Å². The Bertz CT molecular complexity index is 732. The van der Waals surface area contributed by atoms with Crippen molar-refractivity contribution in [3.8, 4) is 0 Å². The standard InChI is InChI=1S/C17H17N3/c1-12-6-8-19-10-15(12)17(18-2)14-5-3-4-13-7-9-20-11-16(13)14/h3-11,17-18H,1-2H3. The van der Waals surface area contributed by atoms with Gasteiger partial charge in [-0.25, -0.2) is 0 Å². The molecule has 3 rings (SSSR count). The minimum Gasteiger partial charge on any atom is -0.309 e. The number of rotatable bonds is 3. The summed E-state index contributed by atoms with van der Waals surface area (Å²) in [6, 6.07) is 10.6. The maximum Gasteiger partial charge on any atom is 0.0598 e. The first kappa shape index (κ1) is 12.8. The number of nitrogens with one attached hydrogen (secondary N) is 1. The van der Waals surface area contributed by atoms with E-state index in [-0.39, 0.29) is 6.04 Å². The van der Waals surface area contributed by atoms with Gasteiger partial charge in [0.1, 0.15) is 0 Å². The Hall–Kier alpha value is -2.26. The van der Waals surface area contributed by atoms with Crippen LogP contribution in [0.4, 0.5) is 0 Å². The van der Waals surface area contributed by atoms with Gasteiger partial charge in [-0.2, -0.15) is 0 Å². The lowest BCUT2D eigenvalue weighted by Crippen LogP contribution is -2.19. The minimum absolute atomic E-state index is 0.122. The Labute approximate surface area is 118 Å². The van der Waals surface area contributed by atoms with Gasteiger partial charge in [0, 0.05) is 30.2 Å². The predicted octanol–water partition coefficient (Wildman–Crippen LogP) is 3.25. The molecule has 1 N–H and O–H groups in total. The van der Waals surface area contributed by atoms with E-state index < -0.39 is 0 Å². The van der Waals surface area contributed by atoms with Gasteiger partial charge in [0.2, 0.25) is 0 Å². The Morgan fingerprint density at radius 2 is 1.75 bits per heavy atom. The van der Waals surface area contributed by atoms with E-state index in [1.54, 1.807) is 0 Å². The van der Waals surface area contributed by atoms with Crippen LogP contribution in [0.1, 0.15) is 22.7 Å². The molecule has 0 fully saturated rings. The number of nitrogens with zero attached hydrogens (tertiary/aromatic N) is 2. The molecule has 0 spiro atoms. The summed E-state index contributed by atoms with van der Waals surface area (Å²) in [6.45, 7) is 2.12. The molecule has 20 heavy (non-hydrogen) atoms. The van der Waals surface area contributed by atoms with E-state index >= 15 is 0 Å². The zero-order valence-electron chi connectivity index (χ0n) is 11.7. The van der Waals surface area contributed by atoms with Crippen molar-refractivity contribution in [1.29, 1.82) is 0 Å². The highest BCUT2D eigenvalue weighted by molar-refractivity contribution is 5.85. The third-order valence-electron chi connectivity index (χ3n) is 3.71. The number of aromatic nitrogens is 2. The molecule has 0 saturated carbocycles. The molecule has 0 amide bonds. The second-order valence-corrected chi connectivity index (χ2v) is 4.90. The van der Waals surface area contributed by atoms with Crippen molar-refractivity contribution in [2.75, 3.05) is 7.05 Å². The van der Waals surface area contributed by atoms with Crippen LogP contribution < -0.4 is 5.32 Å². The molecule has 0 aliphatic heterocycles. The number of hydrogen-bond acceptors (Lipinski definition) is 3. The predicted molar refractivity (Wildman–Crippen MR) is 81.6 cm³/mol. The highest BCUT2D eigenvalue weighted by Gasteiger charge is 2.16. The third-order valence-corrected chi connectivity index (χ3v) is 3.71. The Balaban J connectivity index is 2.20. The van der Waals surface area contributed by atoms with Crippen molar-refractivity contribution < 1.29 is 0 Å². The summed E-state index contributed by atoms with van der Waals surface area (Å²) in [5, 5.41) is 5.79. The van der Waals surface area contributed by atoms with Crippen LogP contribution in [0, 0.1) is 6.92 Å². The molecule has 2 heterocycles. The van der Waals surface area contributed by atoms with Gasteiger partial charge in [-0.1, -0.05) is 18.2 Å². The van der Waals surface area contributed by atoms with E-state index in [1.807, 2.05) is 44.0 Å². The molecule has 100 valence electrons. The zero-order valence-corrected chi connectivity index (χ0v) is 11.7. The summed E-state index contributed by atoms with van der Waals surface area (Å²) >= 11 is 0. The Morgan fingerprint density at radius 1 is 0.950 bits per heavy atom. The lowest BCUT2D eigenvalue weighted by molar-refractivity contribution is 0.689. The van der Waals surface area contributed by atoms with Gasteiger partial charge in [0.25, 0.3) is 0 Å². The molecule has 2 aromatic heterocycles. The van der Waals surface area contributed by atoms with E-state index in [1.165, 1.54) is 27.5 Å². The SMILES string of the molecule is CNC(c1cnccc1C)c1cccc2ccncc12. The first-order valence-electron chi connectivity index (χ1n) is 6.71. The van der Waals surface area contributed by atoms with Crippen molar-refractivity contribution in [2.24, 2.45) is 0 Å². The molecule has 0 bridgehead atoms. The molecule has 0 aliphatic rings. The molecule has 1 unspecified atom stereocenters. The number of pyridine rings is 2. The number of fused-ring (bicyclic) bond motifs is 1. The monoisotopic (exact) mass is 263 g/mol. The largest absolute Gasteiger partial charge is 0.309 e. The lowest BCUT2D eigenvalue weighted by Gasteiger charge is -2.20. The number of aryl methyl sites for hydroxylation is 1. The topological polar surface area (TPSA) is 37.8 Å². The van der Waals surface area contributed by atoms with Crippen LogP contribution >= 0.6 is 0 Å². The minimum atomic E-state index is 0.122. The maximum absolute atomic E-state index is 4.26. The first-order valence-corrected chi connectivity index (χ1v) is 6.71. The van der Waals surface area contributed by atoms with Crippen LogP contribution in [0.5, 0.6) is 0 Å². The molecule has 1 atom stereocenters. The molecule has 3 heteroatoms. The number of hydrogen-bond donors (Lipinski definition) is 1. The average Bonchev–Trinajstić information content (AvgIpc) is 2.50. The Morgan fingerprint density at radius 3 is 2.55 bits per heavy atom. The van der Waals surface area contributed by atoms with Gasteiger partial charge in [0.05, 0.1) is 6.04 Å². The lowest BCUT2D eigenvalue weighted by atomic mass is 9.93. The Kier molecular flexibility index (Phi) is 3.44. The van der Waals surface area contributed by atoms with E-state index in [4.69, 9.17) is 0 Å². The third kappa shape index (κ3) is 2.17. The van der Waals surface area contributed by atoms with Gasteiger partial charge in [-0.3, -0.25) is 9.97 Å². The summed E-state index contributed by atoms with van der Waals surface area (Å²) < 4.78 is 0. The van der Waals surface area contributed by atoms with Crippen LogP contribution in [-0.2, 0) is 0 Å². The summed E-state index contributed by atoms with van der Waals surface area (Å²) in [7, 11) is 1.98. The summed E-state index contributed by atoms with van der Waals surface area (Å²) in [6.07, 6.45) is 7.53. The van der Waals surface area contributed by atoms with Crippen molar-refractivity contribution in [2.45, 2.75) is 13.0 Å². The molecular formula is C17H17N3. The fourth-order valence-corrected chi connectivity index (χ4v) is 2.65. The fraction of sp³-hybridized carbons (Fsp3) is 0.176. The second-order valence-electron chi connectivity index (χ2n) is 4.90. The van der Waals surface area contributed by atoms with Gasteiger partial charge in [-0.15, -0.1) is 0 Å². The second kappa shape index (κ2) is 5.39. The van der Waals surface area contributed by atoms with Gasteiger partial charge < -0.3 is 5.32 Å². The fourth-order valence-electron chi connectivity index (χ4n) is 2.65. The molecular weight excluding hydrogens is 246 g/mol. The summed E-state index contributed by atoms with van der Waals surface area (Å²) in [4.78, 5) is 8.53. The molecule has 0 radical (unpaired) electrons. The normalized spacial score (nSPS) is 12.5. The van der Waals surface area contributed by atoms with Crippen LogP contribution in [0.3, 0.4) is 0 Å². The van der Waals surface area contributed by atoms with Crippen LogP contribution in [0.2, 0.25) is 0 Å². The first-order chi connectivity index (χ1) is 9.81. The van der Waals surface area contributed by atoms with E-state index in [2.05, 4.69) is 40.4 Å². The van der Waals surface area contributed by atoms with Gasteiger partial charge in [-0.05, 0) is 48.2 Å². The molecule has 1 aromatic carbocycles. The zero-order chi connectivity index (χ0) is 13.9. The van der Waals surface area contributed by atoms with E-state index in [9.17, 15) is 0 Å². The smallest absolute Gasteiger partial charge is 0.0598 e. The van der Waals surface area contributed by atoms with Crippen LogP contribution in [0.25, 0.3) is 10.8 Å². The average molecular weight is 263 g/mol. The van der Waals surface area contributed by atoms with Gasteiger partial charge >= 0.3 is 0 Å². The molecule has 0 aliphatic carbocycles. The summed E-state index contributed by atoms with van der Waals surface area (Å²) in [5.41, 5.74) is 3.67. The molecule has 0 saturated heterocycles. The molecule has 3 aromatic rings. The molecule has 3 nitrogen and oxygen atoms in total. The van der Waals surface area contributed by atoms with Crippen molar-refractivity contribution in [3.05, 3.63) is 71.8 Å².